The summed E-state index contributed by atoms with van der Waals surface area (Å²) in [7, 11) is 0. The van der Waals surface area contributed by atoms with E-state index in [1.165, 1.54) is 23.4 Å². The van der Waals surface area contributed by atoms with Crippen molar-refractivity contribution in [3.05, 3.63) is 55.9 Å². The first kappa shape index (κ1) is 14.5. The third kappa shape index (κ3) is 2.76. The summed E-state index contributed by atoms with van der Waals surface area (Å²) in [5.41, 5.74) is 2.10. The Balaban J connectivity index is 1.85. The predicted octanol–water partition coefficient (Wildman–Crippen LogP) is 6.15. The first-order valence-electron chi connectivity index (χ1n) is 6.96. The molecule has 0 N–H and O–H groups in total. The number of thiazole rings is 1. The van der Waals surface area contributed by atoms with Crippen LogP contribution in [0.25, 0.3) is 10.6 Å². The van der Waals surface area contributed by atoms with E-state index in [4.69, 9.17) is 28.2 Å². The van der Waals surface area contributed by atoms with Crippen LogP contribution in [0.1, 0.15) is 18.9 Å². The molecule has 0 aliphatic heterocycles. The molecule has 1 aliphatic carbocycles. The van der Waals surface area contributed by atoms with E-state index in [9.17, 15) is 0 Å². The Morgan fingerprint density at radius 1 is 1.09 bits per heavy atom. The quantitative estimate of drug-likeness (QED) is 0.528. The number of benzene rings is 1. The Hall–Kier alpha value is -1.07. The van der Waals surface area contributed by atoms with Gasteiger partial charge < -0.3 is 4.57 Å². The zero-order valence-electron chi connectivity index (χ0n) is 11.5. The lowest BCUT2D eigenvalue weighted by Gasteiger charge is -2.05. The van der Waals surface area contributed by atoms with Crippen molar-refractivity contribution in [3.63, 3.8) is 0 Å². The summed E-state index contributed by atoms with van der Waals surface area (Å²) in [5, 5.41) is 5.40. The average molecular weight is 367 g/mol. The molecule has 2 aromatic heterocycles. The molecule has 1 fully saturated rings. The Kier molecular flexibility index (Phi) is 3.86. The second kappa shape index (κ2) is 5.85. The van der Waals surface area contributed by atoms with Crippen LogP contribution in [0.3, 0.4) is 0 Å². The van der Waals surface area contributed by atoms with E-state index in [0.717, 1.165) is 10.5 Å². The highest BCUT2D eigenvalue weighted by atomic mass is 35.5. The Morgan fingerprint density at radius 3 is 2.64 bits per heavy atom. The fourth-order valence-electron chi connectivity index (χ4n) is 2.36. The van der Waals surface area contributed by atoms with E-state index < -0.39 is 0 Å². The molecule has 0 unspecified atom stereocenters. The molecule has 0 radical (unpaired) electrons. The van der Waals surface area contributed by atoms with Crippen molar-refractivity contribution in [2.45, 2.75) is 18.9 Å². The van der Waals surface area contributed by atoms with Crippen LogP contribution in [0, 0.1) is 0 Å². The number of nitrogens with zero attached hydrogens (tertiary/aromatic N) is 2. The zero-order valence-corrected chi connectivity index (χ0v) is 14.6. The highest BCUT2D eigenvalue weighted by Crippen LogP contribution is 2.39. The van der Waals surface area contributed by atoms with Gasteiger partial charge in [0, 0.05) is 11.4 Å². The van der Waals surface area contributed by atoms with Gasteiger partial charge in [0.1, 0.15) is 0 Å². The van der Waals surface area contributed by atoms with Crippen LogP contribution in [0.4, 0.5) is 5.69 Å². The van der Waals surface area contributed by atoms with Crippen LogP contribution in [0.2, 0.25) is 10.0 Å². The Labute approximate surface area is 146 Å². The number of hydrogen-bond donors (Lipinski definition) is 0. The molecule has 1 aliphatic rings. The fourth-order valence-corrected chi connectivity index (χ4v) is 4.44. The van der Waals surface area contributed by atoms with Gasteiger partial charge in [0.2, 0.25) is 0 Å². The van der Waals surface area contributed by atoms with Crippen LogP contribution >= 0.6 is 45.9 Å². The number of hydrogen-bond acceptors (Lipinski definition) is 3. The summed E-state index contributed by atoms with van der Waals surface area (Å²) < 4.78 is 2.36. The number of aromatic nitrogens is 1. The summed E-state index contributed by atoms with van der Waals surface area (Å²) in [6, 6.07) is 10.3. The van der Waals surface area contributed by atoms with Crippen molar-refractivity contribution in [2.75, 3.05) is 0 Å². The SMILES string of the molecule is Clc1ccc(N=c2scc(-c3cccs3)n2C2CC2)cc1Cl. The van der Waals surface area contributed by atoms with Crippen molar-refractivity contribution in [1.82, 2.24) is 4.57 Å². The minimum absolute atomic E-state index is 0.538. The lowest BCUT2D eigenvalue weighted by Crippen LogP contribution is -2.13. The summed E-state index contributed by atoms with van der Waals surface area (Å²) in [6.07, 6.45) is 2.45. The third-order valence-corrected chi connectivity index (χ3v) is 6.03. The van der Waals surface area contributed by atoms with Gasteiger partial charge in [0.05, 0.1) is 26.3 Å². The van der Waals surface area contributed by atoms with Gasteiger partial charge in [-0.1, -0.05) is 29.3 Å². The second-order valence-electron chi connectivity index (χ2n) is 5.19. The van der Waals surface area contributed by atoms with Gasteiger partial charge in [-0.2, -0.15) is 0 Å². The molecule has 22 heavy (non-hydrogen) atoms. The minimum Gasteiger partial charge on any atom is -0.313 e. The molecule has 0 bridgehead atoms. The van der Waals surface area contributed by atoms with E-state index >= 15 is 0 Å². The van der Waals surface area contributed by atoms with E-state index in [2.05, 4.69) is 27.5 Å². The molecule has 2 nitrogen and oxygen atoms in total. The standard InChI is InChI=1S/C16H12Cl2N2S2/c17-12-6-3-10(8-13(12)18)19-16-20(11-4-5-11)14(9-22-16)15-2-1-7-21-15/h1-3,6-9,11H,4-5H2. The summed E-state index contributed by atoms with van der Waals surface area (Å²) >= 11 is 15.5. The first-order valence-corrected chi connectivity index (χ1v) is 9.47. The van der Waals surface area contributed by atoms with Gasteiger partial charge in [0.25, 0.3) is 0 Å². The normalized spacial score (nSPS) is 15.5. The smallest absolute Gasteiger partial charge is 0.190 e. The molecule has 0 amide bonds. The molecular formula is C16H12Cl2N2S2. The molecule has 0 saturated heterocycles. The zero-order chi connectivity index (χ0) is 15.1. The van der Waals surface area contributed by atoms with Crippen LogP contribution in [0.15, 0.2) is 46.1 Å². The molecule has 2 heterocycles. The maximum Gasteiger partial charge on any atom is 0.190 e. The predicted molar refractivity (Wildman–Crippen MR) is 95.6 cm³/mol. The first-order chi connectivity index (χ1) is 10.7. The summed E-state index contributed by atoms with van der Waals surface area (Å²) in [6.45, 7) is 0. The Bertz CT molecular complexity index is 874. The number of thiophene rings is 1. The topological polar surface area (TPSA) is 17.3 Å². The summed E-state index contributed by atoms with van der Waals surface area (Å²) in [4.78, 5) is 7.09. The van der Waals surface area contributed by atoms with Crippen LogP contribution in [0.5, 0.6) is 0 Å². The van der Waals surface area contributed by atoms with E-state index in [0.29, 0.717) is 16.1 Å². The monoisotopic (exact) mass is 366 g/mol. The van der Waals surface area contributed by atoms with Crippen LogP contribution in [-0.2, 0) is 0 Å². The van der Waals surface area contributed by atoms with Crippen LogP contribution < -0.4 is 4.80 Å². The van der Waals surface area contributed by atoms with E-state index in [1.54, 1.807) is 28.7 Å². The molecular weight excluding hydrogens is 355 g/mol. The van der Waals surface area contributed by atoms with Crippen molar-refractivity contribution < 1.29 is 0 Å². The minimum atomic E-state index is 0.538. The molecule has 112 valence electrons. The molecule has 6 heteroatoms. The maximum absolute atomic E-state index is 6.09. The number of rotatable bonds is 3. The van der Waals surface area contributed by atoms with Gasteiger partial charge >= 0.3 is 0 Å². The molecule has 0 spiro atoms. The second-order valence-corrected chi connectivity index (χ2v) is 7.79. The molecule has 4 rings (SSSR count). The highest BCUT2D eigenvalue weighted by Gasteiger charge is 2.27. The number of halogens is 2. The lowest BCUT2D eigenvalue weighted by atomic mass is 10.3. The van der Waals surface area contributed by atoms with Crippen molar-refractivity contribution in [2.24, 2.45) is 4.99 Å². The van der Waals surface area contributed by atoms with Gasteiger partial charge in [-0.05, 0) is 42.5 Å². The van der Waals surface area contributed by atoms with Crippen molar-refractivity contribution in [1.29, 1.82) is 0 Å². The van der Waals surface area contributed by atoms with E-state index in [-0.39, 0.29) is 0 Å². The average Bonchev–Trinajstić information content (AvgIpc) is 3.04. The van der Waals surface area contributed by atoms with E-state index in [1.807, 2.05) is 12.1 Å². The van der Waals surface area contributed by atoms with Gasteiger partial charge in [-0.3, -0.25) is 0 Å². The van der Waals surface area contributed by atoms with Gasteiger partial charge in [-0.15, -0.1) is 22.7 Å². The van der Waals surface area contributed by atoms with Crippen LogP contribution in [-0.4, -0.2) is 4.57 Å². The van der Waals surface area contributed by atoms with Crippen molar-refractivity contribution in [3.8, 4) is 10.6 Å². The molecule has 1 saturated carbocycles. The highest BCUT2D eigenvalue weighted by molar-refractivity contribution is 7.14. The van der Waals surface area contributed by atoms with Crippen molar-refractivity contribution >= 4 is 51.6 Å². The van der Waals surface area contributed by atoms with Gasteiger partial charge in [0.15, 0.2) is 4.80 Å². The Morgan fingerprint density at radius 2 is 1.95 bits per heavy atom. The molecule has 3 aromatic rings. The largest absolute Gasteiger partial charge is 0.313 e. The van der Waals surface area contributed by atoms with Gasteiger partial charge in [-0.25, -0.2) is 4.99 Å². The maximum atomic E-state index is 6.09. The molecule has 0 atom stereocenters. The summed E-state index contributed by atoms with van der Waals surface area (Å²) in [5.74, 6) is 0. The lowest BCUT2D eigenvalue weighted by molar-refractivity contribution is 0.726. The molecule has 1 aromatic carbocycles. The fraction of sp³-hybridized carbons (Fsp3) is 0.188. The third-order valence-electron chi connectivity index (χ3n) is 3.56.